The van der Waals surface area contributed by atoms with E-state index in [1.807, 2.05) is 18.2 Å². The zero-order chi connectivity index (χ0) is 12.7. The second kappa shape index (κ2) is 7.70. The highest BCUT2D eigenvalue weighted by molar-refractivity contribution is 6.30. The highest BCUT2D eigenvalue weighted by Crippen LogP contribution is 2.11. The Morgan fingerprint density at radius 2 is 2.12 bits per heavy atom. The standard InChI is InChI=1S/C14H23ClN2/c1-12(2)10-16-7-8-17(3)11-13-5-4-6-14(15)9-13/h4-6,9,12,16H,7-8,10-11H2,1-3H3. The van der Waals surface area contributed by atoms with Gasteiger partial charge in [-0.25, -0.2) is 0 Å². The number of halogens is 1. The first kappa shape index (κ1) is 14.5. The van der Waals surface area contributed by atoms with Crippen LogP contribution in [0.2, 0.25) is 5.02 Å². The van der Waals surface area contributed by atoms with Gasteiger partial charge in [-0.15, -0.1) is 0 Å². The minimum atomic E-state index is 0.716. The lowest BCUT2D eigenvalue weighted by Crippen LogP contribution is -2.30. The largest absolute Gasteiger partial charge is 0.315 e. The Kier molecular flexibility index (Phi) is 6.56. The van der Waals surface area contributed by atoms with Crippen molar-refractivity contribution in [3.8, 4) is 0 Å². The van der Waals surface area contributed by atoms with Crippen LogP contribution in [0, 0.1) is 5.92 Å². The fourth-order valence-corrected chi connectivity index (χ4v) is 1.90. The average molecular weight is 255 g/mol. The van der Waals surface area contributed by atoms with Crippen LogP contribution < -0.4 is 5.32 Å². The van der Waals surface area contributed by atoms with Crippen molar-refractivity contribution in [2.24, 2.45) is 5.92 Å². The molecular weight excluding hydrogens is 232 g/mol. The van der Waals surface area contributed by atoms with Crippen molar-refractivity contribution in [1.82, 2.24) is 10.2 Å². The maximum Gasteiger partial charge on any atom is 0.0409 e. The van der Waals surface area contributed by atoms with E-state index in [4.69, 9.17) is 11.6 Å². The monoisotopic (exact) mass is 254 g/mol. The molecule has 1 rings (SSSR count). The topological polar surface area (TPSA) is 15.3 Å². The molecule has 0 saturated heterocycles. The molecule has 3 heteroatoms. The quantitative estimate of drug-likeness (QED) is 0.753. The van der Waals surface area contributed by atoms with Crippen LogP contribution in [-0.2, 0) is 6.54 Å². The van der Waals surface area contributed by atoms with Gasteiger partial charge in [-0.1, -0.05) is 37.6 Å². The van der Waals surface area contributed by atoms with Gasteiger partial charge < -0.3 is 10.2 Å². The maximum absolute atomic E-state index is 5.96. The highest BCUT2D eigenvalue weighted by atomic mass is 35.5. The van der Waals surface area contributed by atoms with Gasteiger partial charge in [0, 0.05) is 24.7 Å². The van der Waals surface area contributed by atoms with Crippen LogP contribution in [0.25, 0.3) is 0 Å². The third kappa shape index (κ3) is 6.67. The van der Waals surface area contributed by atoms with E-state index < -0.39 is 0 Å². The number of likely N-dealkylation sites (N-methyl/N-ethyl adjacent to an activating group) is 1. The van der Waals surface area contributed by atoms with E-state index >= 15 is 0 Å². The Morgan fingerprint density at radius 3 is 2.76 bits per heavy atom. The zero-order valence-electron chi connectivity index (χ0n) is 11.0. The summed E-state index contributed by atoms with van der Waals surface area (Å²) in [5.41, 5.74) is 1.27. The molecular formula is C14H23ClN2. The summed E-state index contributed by atoms with van der Waals surface area (Å²) in [5, 5.41) is 4.26. The van der Waals surface area contributed by atoms with Gasteiger partial charge in [0.15, 0.2) is 0 Å². The molecule has 1 N–H and O–H groups in total. The molecule has 0 aliphatic heterocycles. The SMILES string of the molecule is CC(C)CNCCN(C)Cc1cccc(Cl)c1. The Hall–Kier alpha value is -0.570. The van der Waals surface area contributed by atoms with Crippen molar-refractivity contribution in [3.05, 3.63) is 34.9 Å². The van der Waals surface area contributed by atoms with Crippen LogP contribution in [0.4, 0.5) is 0 Å². The molecule has 0 saturated carbocycles. The molecule has 96 valence electrons. The Morgan fingerprint density at radius 1 is 1.35 bits per heavy atom. The molecule has 0 aliphatic rings. The lowest BCUT2D eigenvalue weighted by molar-refractivity contribution is 0.321. The number of hydrogen-bond acceptors (Lipinski definition) is 2. The van der Waals surface area contributed by atoms with Gasteiger partial charge in [0.2, 0.25) is 0 Å². The number of nitrogens with one attached hydrogen (secondary N) is 1. The van der Waals surface area contributed by atoms with Crippen LogP contribution in [0.15, 0.2) is 24.3 Å². The molecule has 0 bridgehead atoms. The second-order valence-electron chi connectivity index (χ2n) is 4.97. The molecule has 0 atom stereocenters. The number of nitrogens with zero attached hydrogens (tertiary/aromatic N) is 1. The first-order valence-corrected chi connectivity index (χ1v) is 6.59. The van der Waals surface area contributed by atoms with E-state index in [1.54, 1.807) is 0 Å². The molecule has 1 aromatic carbocycles. The first-order chi connectivity index (χ1) is 8.08. The molecule has 2 nitrogen and oxygen atoms in total. The fourth-order valence-electron chi connectivity index (χ4n) is 1.69. The number of hydrogen-bond donors (Lipinski definition) is 1. The first-order valence-electron chi connectivity index (χ1n) is 6.21. The van der Waals surface area contributed by atoms with E-state index in [1.165, 1.54) is 5.56 Å². The normalized spacial score (nSPS) is 11.4. The predicted molar refractivity (Wildman–Crippen MR) is 75.5 cm³/mol. The van der Waals surface area contributed by atoms with E-state index in [2.05, 4.69) is 37.2 Å². The average Bonchev–Trinajstić information content (AvgIpc) is 2.24. The van der Waals surface area contributed by atoms with Crippen LogP contribution in [0.1, 0.15) is 19.4 Å². The lowest BCUT2D eigenvalue weighted by Gasteiger charge is -2.17. The highest BCUT2D eigenvalue weighted by Gasteiger charge is 2.01. The molecule has 0 aromatic heterocycles. The van der Waals surface area contributed by atoms with Gasteiger partial charge in [-0.05, 0) is 37.2 Å². The van der Waals surface area contributed by atoms with Gasteiger partial charge in [-0.3, -0.25) is 0 Å². The molecule has 17 heavy (non-hydrogen) atoms. The van der Waals surface area contributed by atoms with Gasteiger partial charge in [0.05, 0.1) is 0 Å². The summed E-state index contributed by atoms with van der Waals surface area (Å²) in [5.74, 6) is 0.716. The predicted octanol–water partition coefficient (Wildman–Crippen LogP) is 3.02. The molecule has 0 amide bonds. The van der Waals surface area contributed by atoms with E-state index in [9.17, 15) is 0 Å². The number of benzene rings is 1. The van der Waals surface area contributed by atoms with Crippen molar-refractivity contribution in [2.75, 3.05) is 26.7 Å². The maximum atomic E-state index is 5.96. The minimum absolute atomic E-state index is 0.716. The summed E-state index contributed by atoms with van der Waals surface area (Å²) < 4.78 is 0. The lowest BCUT2D eigenvalue weighted by atomic mass is 10.2. The molecule has 1 aromatic rings. The van der Waals surface area contributed by atoms with Crippen molar-refractivity contribution in [3.63, 3.8) is 0 Å². The number of rotatable bonds is 7. The van der Waals surface area contributed by atoms with Crippen LogP contribution in [0.5, 0.6) is 0 Å². The Bertz CT molecular complexity index is 326. The molecule has 0 radical (unpaired) electrons. The van der Waals surface area contributed by atoms with Crippen LogP contribution in [-0.4, -0.2) is 31.6 Å². The second-order valence-corrected chi connectivity index (χ2v) is 5.40. The third-order valence-corrected chi connectivity index (χ3v) is 2.80. The van der Waals surface area contributed by atoms with Crippen LogP contribution in [0.3, 0.4) is 0 Å². The Labute approximate surface area is 110 Å². The molecule has 0 fully saturated rings. The summed E-state index contributed by atoms with van der Waals surface area (Å²) >= 11 is 5.96. The van der Waals surface area contributed by atoms with Crippen molar-refractivity contribution in [2.45, 2.75) is 20.4 Å². The van der Waals surface area contributed by atoms with Gasteiger partial charge in [-0.2, -0.15) is 0 Å². The molecule has 0 spiro atoms. The van der Waals surface area contributed by atoms with Crippen LogP contribution >= 0.6 is 11.6 Å². The van der Waals surface area contributed by atoms with Gasteiger partial charge in [0.25, 0.3) is 0 Å². The summed E-state index contributed by atoms with van der Waals surface area (Å²) in [4.78, 5) is 2.30. The molecule has 0 aliphatic carbocycles. The summed E-state index contributed by atoms with van der Waals surface area (Å²) in [6, 6.07) is 8.06. The Balaban J connectivity index is 2.23. The van der Waals surface area contributed by atoms with Gasteiger partial charge in [0.1, 0.15) is 0 Å². The fraction of sp³-hybridized carbons (Fsp3) is 0.571. The zero-order valence-corrected chi connectivity index (χ0v) is 11.8. The van der Waals surface area contributed by atoms with Crippen molar-refractivity contribution in [1.29, 1.82) is 0 Å². The van der Waals surface area contributed by atoms with Crippen molar-refractivity contribution >= 4 is 11.6 Å². The van der Waals surface area contributed by atoms with E-state index in [0.717, 1.165) is 31.2 Å². The van der Waals surface area contributed by atoms with E-state index in [-0.39, 0.29) is 0 Å². The summed E-state index contributed by atoms with van der Waals surface area (Å²) in [7, 11) is 2.14. The third-order valence-electron chi connectivity index (χ3n) is 2.56. The minimum Gasteiger partial charge on any atom is -0.315 e. The smallest absolute Gasteiger partial charge is 0.0409 e. The summed E-state index contributed by atoms with van der Waals surface area (Å²) in [6.07, 6.45) is 0. The van der Waals surface area contributed by atoms with E-state index in [0.29, 0.717) is 5.92 Å². The van der Waals surface area contributed by atoms with Crippen molar-refractivity contribution < 1.29 is 0 Å². The molecule has 0 unspecified atom stereocenters. The van der Waals surface area contributed by atoms with Gasteiger partial charge >= 0.3 is 0 Å². The summed E-state index contributed by atoms with van der Waals surface area (Å²) in [6.45, 7) is 8.58. The molecule has 0 heterocycles.